The van der Waals surface area contributed by atoms with Gasteiger partial charge in [-0.2, -0.15) is 0 Å². The summed E-state index contributed by atoms with van der Waals surface area (Å²) < 4.78 is 5.25. The lowest BCUT2D eigenvalue weighted by molar-refractivity contribution is 0.413. The first-order chi connectivity index (χ1) is 9.29. The number of hydrogen-bond donors (Lipinski definition) is 0. The fourth-order valence-electron chi connectivity index (χ4n) is 1.91. The summed E-state index contributed by atoms with van der Waals surface area (Å²) in [4.78, 5) is 12.7. The van der Waals surface area contributed by atoms with E-state index in [0.717, 1.165) is 10.9 Å². The summed E-state index contributed by atoms with van der Waals surface area (Å²) in [6.45, 7) is 0. The maximum Gasteiger partial charge on any atom is 0.184 e. The zero-order valence-corrected chi connectivity index (χ0v) is 10.9. The molecule has 0 aliphatic heterocycles. The maximum atomic E-state index is 5.99. The van der Waals surface area contributed by atoms with E-state index in [1.165, 1.54) is 13.4 Å². The van der Waals surface area contributed by atoms with Gasteiger partial charge < -0.3 is 4.74 Å². The van der Waals surface area contributed by atoms with Gasteiger partial charge in [-0.1, -0.05) is 35.9 Å². The van der Waals surface area contributed by atoms with Crippen LogP contribution in [0.15, 0.2) is 42.7 Å². The molecule has 2 aromatic heterocycles. The molecule has 0 saturated carbocycles. The van der Waals surface area contributed by atoms with Crippen LogP contribution in [0, 0.1) is 0 Å². The monoisotopic (exact) mass is 271 g/mol. The van der Waals surface area contributed by atoms with Crippen molar-refractivity contribution in [1.82, 2.24) is 15.0 Å². The van der Waals surface area contributed by atoms with E-state index in [-0.39, 0.29) is 5.15 Å². The summed E-state index contributed by atoms with van der Waals surface area (Å²) >= 11 is 5.99. The van der Waals surface area contributed by atoms with Gasteiger partial charge in [0.1, 0.15) is 12.0 Å². The summed E-state index contributed by atoms with van der Waals surface area (Å²) in [5.41, 5.74) is 2.20. The number of aromatic nitrogens is 3. The van der Waals surface area contributed by atoms with Crippen molar-refractivity contribution in [2.45, 2.75) is 0 Å². The third kappa shape index (κ3) is 2.11. The third-order valence-corrected chi connectivity index (χ3v) is 3.07. The molecule has 0 bridgehead atoms. The molecule has 0 saturated heterocycles. The van der Waals surface area contributed by atoms with Gasteiger partial charge in [0.2, 0.25) is 0 Å². The number of hydrogen-bond acceptors (Lipinski definition) is 4. The molecular formula is C14H10ClN3O. The quantitative estimate of drug-likeness (QED) is 0.671. The first-order valence-electron chi connectivity index (χ1n) is 5.70. The highest BCUT2D eigenvalue weighted by atomic mass is 35.5. The SMILES string of the molecule is COc1c(Cl)ncnc1-c1ccc2ccccc2n1. The van der Waals surface area contributed by atoms with Gasteiger partial charge in [0.25, 0.3) is 0 Å². The summed E-state index contributed by atoms with van der Waals surface area (Å²) in [5.74, 6) is 0.437. The van der Waals surface area contributed by atoms with Crippen LogP contribution in [0.3, 0.4) is 0 Å². The minimum atomic E-state index is 0.280. The van der Waals surface area contributed by atoms with E-state index in [0.29, 0.717) is 17.1 Å². The van der Waals surface area contributed by atoms with E-state index in [9.17, 15) is 0 Å². The van der Waals surface area contributed by atoms with E-state index in [2.05, 4.69) is 15.0 Å². The van der Waals surface area contributed by atoms with Crippen LogP contribution in [0.25, 0.3) is 22.3 Å². The number of rotatable bonds is 2. The van der Waals surface area contributed by atoms with Gasteiger partial charge in [0, 0.05) is 5.39 Å². The second-order valence-corrected chi connectivity index (χ2v) is 4.29. The number of pyridine rings is 1. The molecule has 0 aliphatic carbocycles. The Bertz CT molecular complexity index is 746. The largest absolute Gasteiger partial charge is 0.491 e. The van der Waals surface area contributed by atoms with E-state index in [1.54, 1.807) is 0 Å². The van der Waals surface area contributed by atoms with Crippen LogP contribution >= 0.6 is 11.6 Å². The lowest BCUT2D eigenvalue weighted by Gasteiger charge is -2.08. The minimum Gasteiger partial charge on any atom is -0.491 e. The number of ether oxygens (including phenoxy) is 1. The van der Waals surface area contributed by atoms with Crippen LogP contribution in [-0.4, -0.2) is 22.1 Å². The zero-order chi connectivity index (χ0) is 13.2. The van der Waals surface area contributed by atoms with Crippen molar-refractivity contribution < 1.29 is 4.74 Å². The van der Waals surface area contributed by atoms with Crippen molar-refractivity contribution in [3.63, 3.8) is 0 Å². The normalized spacial score (nSPS) is 10.6. The molecule has 0 amide bonds. The molecule has 0 N–H and O–H groups in total. The van der Waals surface area contributed by atoms with Crippen LogP contribution < -0.4 is 4.74 Å². The van der Waals surface area contributed by atoms with Crippen molar-refractivity contribution in [2.75, 3.05) is 7.11 Å². The van der Waals surface area contributed by atoms with Gasteiger partial charge in [0.15, 0.2) is 10.9 Å². The van der Waals surface area contributed by atoms with Crippen LogP contribution in [0.1, 0.15) is 0 Å². The maximum absolute atomic E-state index is 5.99. The van der Waals surface area contributed by atoms with E-state index >= 15 is 0 Å². The molecule has 94 valence electrons. The standard InChI is InChI=1S/C14H10ClN3O/c1-19-13-12(16-8-17-14(13)15)11-7-6-9-4-2-3-5-10(9)18-11/h2-8H,1H3. The second-order valence-electron chi connectivity index (χ2n) is 3.94. The van der Waals surface area contributed by atoms with Gasteiger partial charge >= 0.3 is 0 Å². The molecule has 3 aromatic rings. The highest BCUT2D eigenvalue weighted by Crippen LogP contribution is 2.32. The molecule has 0 atom stereocenters. The van der Waals surface area contributed by atoms with Crippen molar-refractivity contribution in [2.24, 2.45) is 0 Å². The van der Waals surface area contributed by atoms with Gasteiger partial charge in [-0.25, -0.2) is 15.0 Å². The molecule has 0 unspecified atom stereocenters. The van der Waals surface area contributed by atoms with E-state index in [4.69, 9.17) is 16.3 Å². The first-order valence-corrected chi connectivity index (χ1v) is 6.08. The van der Waals surface area contributed by atoms with Crippen LogP contribution in [0.2, 0.25) is 5.15 Å². The van der Waals surface area contributed by atoms with Crippen LogP contribution in [0.4, 0.5) is 0 Å². The van der Waals surface area contributed by atoms with Gasteiger partial charge in [0.05, 0.1) is 18.3 Å². The number of benzene rings is 1. The molecule has 1 aromatic carbocycles. The van der Waals surface area contributed by atoms with Crippen molar-refractivity contribution >= 4 is 22.5 Å². The fourth-order valence-corrected chi connectivity index (χ4v) is 2.12. The van der Waals surface area contributed by atoms with Gasteiger partial charge in [-0.05, 0) is 12.1 Å². The molecule has 0 fully saturated rings. The van der Waals surface area contributed by atoms with Crippen LogP contribution in [-0.2, 0) is 0 Å². The molecule has 0 radical (unpaired) electrons. The predicted octanol–water partition coefficient (Wildman–Crippen LogP) is 3.35. The summed E-state index contributed by atoms with van der Waals surface area (Å²) in [6.07, 6.45) is 1.40. The Balaban J connectivity index is 2.22. The Hall–Kier alpha value is -2.20. The topological polar surface area (TPSA) is 47.9 Å². The van der Waals surface area contributed by atoms with Crippen molar-refractivity contribution in [3.05, 3.63) is 47.9 Å². The lowest BCUT2D eigenvalue weighted by atomic mass is 10.1. The molecule has 0 aliphatic rings. The van der Waals surface area contributed by atoms with Gasteiger partial charge in [-0.15, -0.1) is 0 Å². The smallest absolute Gasteiger partial charge is 0.184 e. The highest BCUT2D eigenvalue weighted by molar-refractivity contribution is 6.31. The number of methoxy groups -OCH3 is 1. The number of halogens is 1. The molecule has 2 heterocycles. The minimum absolute atomic E-state index is 0.280. The molecule has 5 heteroatoms. The van der Waals surface area contributed by atoms with Gasteiger partial charge in [-0.3, -0.25) is 0 Å². The Kier molecular flexibility index (Phi) is 3.01. The Morgan fingerprint density at radius 2 is 1.89 bits per heavy atom. The molecule has 4 nitrogen and oxygen atoms in total. The zero-order valence-electron chi connectivity index (χ0n) is 10.2. The third-order valence-electron chi connectivity index (χ3n) is 2.81. The van der Waals surface area contributed by atoms with E-state index < -0.39 is 0 Å². The van der Waals surface area contributed by atoms with Crippen molar-refractivity contribution in [3.8, 4) is 17.1 Å². The average Bonchev–Trinajstić information content (AvgIpc) is 2.46. The second kappa shape index (κ2) is 4.82. The molecular weight excluding hydrogens is 262 g/mol. The average molecular weight is 272 g/mol. The summed E-state index contributed by atoms with van der Waals surface area (Å²) in [7, 11) is 1.54. The first kappa shape index (κ1) is 11.9. The fraction of sp³-hybridized carbons (Fsp3) is 0.0714. The Labute approximate surface area is 115 Å². The molecule has 3 rings (SSSR count). The highest BCUT2D eigenvalue weighted by Gasteiger charge is 2.13. The molecule has 0 spiro atoms. The Morgan fingerprint density at radius 1 is 1.05 bits per heavy atom. The number of nitrogens with zero attached hydrogens (tertiary/aromatic N) is 3. The number of para-hydroxylation sites is 1. The van der Waals surface area contributed by atoms with Crippen LogP contribution in [0.5, 0.6) is 5.75 Å². The van der Waals surface area contributed by atoms with E-state index in [1.807, 2.05) is 36.4 Å². The Morgan fingerprint density at radius 3 is 2.74 bits per heavy atom. The number of fused-ring (bicyclic) bond motifs is 1. The lowest BCUT2D eigenvalue weighted by Crippen LogP contribution is -1.96. The van der Waals surface area contributed by atoms with Crippen molar-refractivity contribution in [1.29, 1.82) is 0 Å². The summed E-state index contributed by atoms with van der Waals surface area (Å²) in [6, 6.07) is 11.8. The predicted molar refractivity (Wildman–Crippen MR) is 74.3 cm³/mol. The molecule has 19 heavy (non-hydrogen) atoms. The summed E-state index contributed by atoms with van der Waals surface area (Å²) in [5, 5.41) is 1.35.